The van der Waals surface area contributed by atoms with Gasteiger partial charge in [-0.1, -0.05) is 24.3 Å². The highest BCUT2D eigenvalue weighted by atomic mass is 16.1. The molecule has 1 amide bonds. The van der Waals surface area contributed by atoms with Gasteiger partial charge in [0.15, 0.2) is 0 Å². The zero-order valence-electron chi connectivity index (χ0n) is 8.42. The van der Waals surface area contributed by atoms with Crippen LogP contribution >= 0.6 is 0 Å². The molecule has 0 aliphatic heterocycles. The zero-order chi connectivity index (χ0) is 10.8. The number of carbonyl (C=O) groups excluding carboxylic acids is 1. The Morgan fingerprint density at radius 2 is 2.27 bits per heavy atom. The van der Waals surface area contributed by atoms with Crippen LogP contribution in [0.15, 0.2) is 24.3 Å². The monoisotopic (exact) mass is 204 g/mol. The standard InChI is InChI=1S/C10H12N4O/c1-2-8(10(11)15)14-9-6-4-3-5-7(9)12-13-14/h3-6,8H,2H2,1H3,(H2,11,15). The van der Waals surface area contributed by atoms with E-state index in [2.05, 4.69) is 10.3 Å². The van der Waals surface area contributed by atoms with E-state index in [0.29, 0.717) is 6.42 Å². The second-order valence-electron chi connectivity index (χ2n) is 3.35. The smallest absolute Gasteiger partial charge is 0.242 e. The molecule has 0 radical (unpaired) electrons. The van der Waals surface area contributed by atoms with Crippen LogP contribution < -0.4 is 5.73 Å². The van der Waals surface area contributed by atoms with Crippen LogP contribution in [0.4, 0.5) is 0 Å². The minimum atomic E-state index is -0.419. The molecule has 2 N–H and O–H groups in total. The van der Waals surface area contributed by atoms with Crippen molar-refractivity contribution in [3.8, 4) is 0 Å². The van der Waals surface area contributed by atoms with Crippen LogP contribution in [-0.4, -0.2) is 20.9 Å². The SMILES string of the molecule is CCC(C(N)=O)n1nnc2ccccc21. The van der Waals surface area contributed by atoms with Crippen molar-refractivity contribution >= 4 is 16.9 Å². The summed E-state index contributed by atoms with van der Waals surface area (Å²) in [5.74, 6) is -0.381. The van der Waals surface area contributed by atoms with Gasteiger partial charge in [-0.05, 0) is 18.6 Å². The van der Waals surface area contributed by atoms with E-state index in [1.807, 2.05) is 31.2 Å². The first-order valence-corrected chi connectivity index (χ1v) is 4.83. The maximum Gasteiger partial charge on any atom is 0.242 e. The van der Waals surface area contributed by atoms with E-state index in [9.17, 15) is 4.79 Å². The lowest BCUT2D eigenvalue weighted by atomic mass is 10.2. The first kappa shape index (κ1) is 9.64. The summed E-state index contributed by atoms with van der Waals surface area (Å²) < 4.78 is 1.58. The average molecular weight is 204 g/mol. The molecule has 2 aromatic rings. The van der Waals surface area contributed by atoms with Crippen molar-refractivity contribution in [1.29, 1.82) is 0 Å². The highest BCUT2D eigenvalue weighted by Crippen LogP contribution is 2.17. The molecule has 1 atom stereocenters. The van der Waals surface area contributed by atoms with Gasteiger partial charge in [-0.25, -0.2) is 4.68 Å². The molecule has 1 aromatic carbocycles. The van der Waals surface area contributed by atoms with Gasteiger partial charge in [0.05, 0.1) is 5.52 Å². The number of hydrogen-bond acceptors (Lipinski definition) is 3. The van der Waals surface area contributed by atoms with Crippen LogP contribution in [0.1, 0.15) is 19.4 Å². The van der Waals surface area contributed by atoms with Gasteiger partial charge >= 0.3 is 0 Å². The first-order valence-electron chi connectivity index (χ1n) is 4.83. The number of fused-ring (bicyclic) bond motifs is 1. The molecule has 0 saturated carbocycles. The molecule has 5 nitrogen and oxygen atoms in total. The van der Waals surface area contributed by atoms with E-state index in [-0.39, 0.29) is 5.91 Å². The van der Waals surface area contributed by atoms with Gasteiger partial charge in [-0.15, -0.1) is 5.10 Å². The van der Waals surface area contributed by atoms with Crippen LogP contribution in [0.3, 0.4) is 0 Å². The second kappa shape index (κ2) is 3.68. The van der Waals surface area contributed by atoms with Gasteiger partial charge in [0.1, 0.15) is 11.6 Å². The molecule has 78 valence electrons. The van der Waals surface area contributed by atoms with E-state index < -0.39 is 6.04 Å². The Morgan fingerprint density at radius 3 is 2.93 bits per heavy atom. The lowest BCUT2D eigenvalue weighted by Crippen LogP contribution is -2.26. The van der Waals surface area contributed by atoms with Gasteiger partial charge in [0.2, 0.25) is 5.91 Å². The van der Waals surface area contributed by atoms with Gasteiger partial charge in [-0.3, -0.25) is 4.79 Å². The van der Waals surface area contributed by atoms with Crippen molar-refractivity contribution in [2.24, 2.45) is 5.73 Å². The van der Waals surface area contributed by atoms with E-state index in [1.54, 1.807) is 4.68 Å². The number of amides is 1. The quantitative estimate of drug-likeness (QED) is 0.806. The molecule has 1 aromatic heterocycles. The molecular weight excluding hydrogens is 192 g/mol. The summed E-state index contributed by atoms with van der Waals surface area (Å²) in [7, 11) is 0. The van der Waals surface area contributed by atoms with Crippen molar-refractivity contribution in [3.63, 3.8) is 0 Å². The van der Waals surface area contributed by atoms with E-state index in [1.165, 1.54) is 0 Å². The molecule has 0 saturated heterocycles. The number of rotatable bonds is 3. The summed E-state index contributed by atoms with van der Waals surface area (Å²) in [5, 5.41) is 7.93. The lowest BCUT2D eigenvalue weighted by Gasteiger charge is -2.10. The third-order valence-electron chi connectivity index (χ3n) is 2.39. The van der Waals surface area contributed by atoms with Gasteiger partial charge in [0.25, 0.3) is 0 Å². The highest BCUT2D eigenvalue weighted by Gasteiger charge is 2.18. The summed E-state index contributed by atoms with van der Waals surface area (Å²) in [5.41, 5.74) is 6.91. The van der Waals surface area contributed by atoms with E-state index in [4.69, 9.17) is 5.73 Å². The van der Waals surface area contributed by atoms with Crippen LogP contribution in [0.25, 0.3) is 11.0 Å². The number of nitrogens with zero attached hydrogens (tertiary/aromatic N) is 3. The Balaban J connectivity index is 2.55. The van der Waals surface area contributed by atoms with Crippen LogP contribution in [0, 0.1) is 0 Å². The molecule has 0 aliphatic rings. The van der Waals surface area contributed by atoms with Crippen molar-refractivity contribution in [2.45, 2.75) is 19.4 Å². The Hall–Kier alpha value is -1.91. The fraction of sp³-hybridized carbons (Fsp3) is 0.300. The van der Waals surface area contributed by atoms with Crippen LogP contribution in [0.2, 0.25) is 0 Å². The zero-order valence-corrected chi connectivity index (χ0v) is 8.42. The molecule has 0 aliphatic carbocycles. The van der Waals surface area contributed by atoms with Gasteiger partial charge in [-0.2, -0.15) is 0 Å². The number of nitrogens with two attached hydrogens (primary N) is 1. The fourth-order valence-electron chi connectivity index (χ4n) is 1.61. The normalized spacial score (nSPS) is 12.9. The maximum atomic E-state index is 11.2. The van der Waals surface area contributed by atoms with E-state index in [0.717, 1.165) is 11.0 Å². The maximum absolute atomic E-state index is 11.2. The first-order chi connectivity index (χ1) is 7.24. The fourth-order valence-corrected chi connectivity index (χ4v) is 1.61. The highest BCUT2D eigenvalue weighted by molar-refractivity contribution is 5.81. The second-order valence-corrected chi connectivity index (χ2v) is 3.35. The summed E-state index contributed by atoms with van der Waals surface area (Å²) in [6.45, 7) is 1.89. The third-order valence-corrected chi connectivity index (χ3v) is 2.39. The number of carbonyl (C=O) groups is 1. The Morgan fingerprint density at radius 1 is 1.53 bits per heavy atom. The number of benzene rings is 1. The number of aromatic nitrogens is 3. The Bertz CT molecular complexity index is 491. The molecule has 0 bridgehead atoms. The molecule has 5 heteroatoms. The van der Waals surface area contributed by atoms with Crippen molar-refractivity contribution in [1.82, 2.24) is 15.0 Å². The van der Waals surface area contributed by atoms with Crippen molar-refractivity contribution in [3.05, 3.63) is 24.3 Å². The Labute approximate surface area is 86.9 Å². The predicted molar refractivity (Wildman–Crippen MR) is 56.1 cm³/mol. The predicted octanol–water partition coefficient (Wildman–Crippen LogP) is 0.868. The number of hydrogen-bond donors (Lipinski definition) is 1. The summed E-state index contributed by atoms with van der Waals surface area (Å²) in [6.07, 6.45) is 0.614. The molecule has 0 fully saturated rings. The minimum absolute atomic E-state index is 0.381. The van der Waals surface area contributed by atoms with Gasteiger partial charge < -0.3 is 5.73 Å². The third kappa shape index (κ3) is 1.56. The molecular formula is C10H12N4O. The minimum Gasteiger partial charge on any atom is -0.368 e. The van der Waals surface area contributed by atoms with Crippen LogP contribution in [0.5, 0.6) is 0 Å². The summed E-state index contributed by atoms with van der Waals surface area (Å²) >= 11 is 0. The van der Waals surface area contributed by atoms with Crippen molar-refractivity contribution in [2.75, 3.05) is 0 Å². The van der Waals surface area contributed by atoms with Crippen molar-refractivity contribution < 1.29 is 4.79 Å². The van der Waals surface area contributed by atoms with Crippen LogP contribution in [-0.2, 0) is 4.79 Å². The van der Waals surface area contributed by atoms with Gasteiger partial charge in [0, 0.05) is 0 Å². The number of para-hydroxylation sites is 1. The topological polar surface area (TPSA) is 73.8 Å². The molecule has 2 rings (SSSR count). The molecule has 1 heterocycles. The largest absolute Gasteiger partial charge is 0.368 e. The lowest BCUT2D eigenvalue weighted by molar-refractivity contribution is -0.121. The number of primary amides is 1. The average Bonchev–Trinajstić information content (AvgIpc) is 2.63. The molecule has 15 heavy (non-hydrogen) atoms. The molecule has 1 unspecified atom stereocenters. The summed E-state index contributed by atoms with van der Waals surface area (Å²) in [6, 6.07) is 7.08. The summed E-state index contributed by atoms with van der Waals surface area (Å²) in [4.78, 5) is 11.2. The Kier molecular flexibility index (Phi) is 2.37. The van der Waals surface area contributed by atoms with E-state index >= 15 is 0 Å². The molecule has 0 spiro atoms.